The summed E-state index contributed by atoms with van der Waals surface area (Å²) in [7, 11) is 0. The van der Waals surface area contributed by atoms with Crippen molar-refractivity contribution >= 4 is 22.0 Å². The maximum Gasteiger partial charge on any atom is 0.0242 e. The van der Waals surface area contributed by atoms with Gasteiger partial charge in [-0.15, -0.1) is 0 Å². The van der Waals surface area contributed by atoms with Gasteiger partial charge in [-0.05, 0) is 25.0 Å². The van der Waals surface area contributed by atoms with Crippen molar-refractivity contribution in [1.82, 2.24) is 0 Å². The highest BCUT2D eigenvalue weighted by Crippen LogP contribution is 2.12. The van der Waals surface area contributed by atoms with E-state index in [9.17, 15) is 0 Å². The summed E-state index contributed by atoms with van der Waals surface area (Å²) in [5, 5.41) is 0.946. The Kier molecular flexibility index (Phi) is 3.54. The maximum absolute atomic E-state index is 3.43. The van der Waals surface area contributed by atoms with E-state index < -0.39 is 0 Å². The third-order valence-corrected chi connectivity index (χ3v) is 2.69. The van der Waals surface area contributed by atoms with Gasteiger partial charge < -0.3 is 0 Å². The lowest BCUT2D eigenvalue weighted by Crippen LogP contribution is -1.81. The molecule has 0 radical (unpaired) electrons. The third kappa shape index (κ3) is 2.49. The van der Waals surface area contributed by atoms with Crippen LogP contribution in [0.1, 0.15) is 18.1 Å². The van der Waals surface area contributed by atoms with Crippen LogP contribution in [-0.2, 0) is 0 Å². The Morgan fingerprint density at radius 3 is 2.67 bits per heavy atom. The molecule has 0 aliphatic rings. The summed E-state index contributed by atoms with van der Waals surface area (Å²) in [6.45, 7) is 4.26. The average Bonchev–Trinajstić information content (AvgIpc) is 2.09. The second-order valence-corrected chi connectivity index (χ2v) is 3.54. The summed E-state index contributed by atoms with van der Waals surface area (Å²) in [5.74, 6) is 0. The summed E-state index contributed by atoms with van der Waals surface area (Å²) < 4.78 is 0. The van der Waals surface area contributed by atoms with Crippen molar-refractivity contribution in [2.45, 2.75) is 13.8 Å². The summed E-state index contributed by atoms with van der Waals surface area (Å²) in [5.41, 5.74) is 4.00. The molecule has 0 unspecified atom stereocenters. The van der Waals surface area contributed by atoms with Gasteiger partial charge in [-0.3, -0.25) is 0 Å². The summed E-state index contributed by atoms with van der Waals surface area (Å²) in [6.07, 6.45) is 2.21. The molecule has 1 rings (SSSR count). The van der Waals surface area contributed by atoms with Crippen molar-refractivity contribution in [3.63, 3.8) is 0 Å². The van der Waals surface area contributed by atoms with Gasteiger partial charge in [0.15, 0.2) is 0 Å². The Morgan fingerprint density at radius 2 is 2.08 bits per heavy atom. The minimum Gasteiger partial charge on any atom is -0.0880 e. The Bertz CT molecular complexity index is 287. The smallest absolute Gasteiger partial charge is 0.0242 e. The highest BCUT2D eigenvalue weighted by Gasteiger charge is 1.92. The number of alkyl halides is 1. The topological polar surface area (TPSA) is 0 Å². The molecule has 1 heteroatoms. The molecule has 0 spiro atoms. The molecular formula is C11H13Br. The summed E-state index contributed by atoms with van der Waals surface area (Å²) in [4.78, 5) is 0. The van der Waals surface area contributed by atoms with Crippen molar-refractivity contribution in [1.29, 1.82) is 0 Å². The first-order valence-electron chi connectivity index (χ1n) is 4.03. The van der Waals surface area contributed by atoms with Crippen molar-refractivity contribution in [2.75, 3.05) is 5.33 Å². The fraction of sp³-hybridized carbons (Fsp3) is 0.273. The SMILES string of the molecule is CC(=Cc1ccccc1C)CBr. The molecule has 0 saturated heterocycles. The standard InChI is InChI=1S/C11H13Br/c1-9(8-12)7-11-6-4-3-5-10(11)2/h3-7H,8H2,1-2H3. The lowest BCUT2D eigenvalue weighted by Gasteiger charge is -2.00. The van der Waals surface area contributed by atoms with Crippen molar-refractivity contribution in [3.05, 3.63) is 41.0 Å². The molecule has 0 nitrogen and oxygen atoms in total. The Morgan fingerprint density at radius 1 is 1.42 bits per heavy atom. The van der Waals surface area contributed by atoms with Crippen LogP contribution in [0.5, 0.6) is 0 Å². The number of hydrogen-bond acceptors (Lipinski definition) is 0. The number of benzene rings is 1. The normalized spacial score (nSPS) is 11.8. The number of allylic oxidation sites excluding steroid dienone is 1. The van der Waals surface area contributed by atoms with E-state index in [1.54, 1.807) is 0 Å². The predicted octanol–water partition coefficient (Wildman–Crippen LogP) is 3.79. The van der Waals surface area contributed by atoms with Gasteiger partial charge in [0.05, 0.1) is 0 Å². The van der Waals surface area contributed by atoms with Crippen molar-refractivity contribution in [3.8, 4) is 0 Å². The van der Waals surface area contributed by atoms with Crippen LogP contribution in [0.15, 0.2) is 29.8 Å². The molecule has 0 fully saturated rings. The van der Waals surface area contributed by atoms with Gasteiger partial charge in [-0.25, -0.2) is 0 Å². The average molecular weight is 225 g/mol. The first-order chi connectivity index (χ1) is 5.74. The van der Waals surface area contributed by atoms with Crippen molar-refractivity contribution < 1.29 is 0 Å². The molecule has 1 aromatic carbocycles. The van der Waals surface area contributed by atoms with Gasteiger partial charge in [-0.1, -0.05) is 51.8 Å². The van der Waals surface area contributed by atoms with Gasteiger partial charge in [-0.2, -0.15) is 0 Å². The lowest BCUT2D eigenvalue weighted by molar-refractivity contribution is 1.40. The molecule has 0 N–H and O–H groups in total. The zero-order chi connectivity index (χ0) is 8.97. The van der Waals surface area contributed by atoms with Crippen LogP contribution in [0, 0.1) is 6.92 Å². The number of rotatable bonds is 2. The van der Waals surface area contributed by atoms with Crippen LogP contribution >= 0.6 is 15.9 Å². The number of halogens is 1. The van der Waals surface area contributed by atoms with E-state index in [-0.39, 0.29) is 0 Å². The second kappa shape index (κ2) is 4.46. The molecule has 0 aliphatic heterocycles. The van der Waals surface area contributed by atoms with Gasteiger partial charge in [0, 0.05) is 5.33 Å². The minimum atomic E-state index is 0.946. The van der Waals surface area contributed by atoms with E-state index in [1.165, 1.54) is 16.7 Å². The molecule has 0 aromatic heterocycles. The fourth-order valence-electron chi connectivity index (χ4n) is 1.05. The monoisotopic (exact) mass is 224 g/mol. The summed E-state index contributed by atoms with van der Waals surface area (Å²) >= 11 is 3.43. The van der Waals surface area contributed by atoms with Crippen LogP contribution in [0.25, 0.3) is 6.08 Å². The van der Waals surface area contributed by atoms with Crippen LogP contribution in [-0.4, -0.2) is 5.33 Å². The second-order valence-electron chi connectivity index (χ2n) is 2.98. The fourth-order valence-corrected chi connectivity index (χ4v) is 1.21. The number of hydrogen-bond donors (Lipinski definition) is 0. The van der Waals surface area contributed by atoms with Gasteiger partial charge >= 0.3 is 0 Å². The zero-order valence-corrected chi connectivity index (χ0v) is 9.06. The Hall–Kier alpha value is -0.560. The minimum absolute atomic E-state index is 0.946. The molecule has 0 amide bonds. The molecule has 64 valence electrons. The first kappa shape index (κ1) is 9.53. The van der Waals surface area contributed by atoms with Gasteiger partial charge in [0.2, 0.25) is 0 Å². The molecule has 0 bridgehead atoms. The zero-order valence-electron chi connectivity index (χ0n) is 7.47. The molecule has 0 atom stereocenters. The molecule has 0 aliphatic carbocycles. The highest BCUT2D eigenvalue weighted by atomic mass is 79.9. The van der Waals surface area contributed by atoms with Crippen LogP contribution in [0.2, 0.25) is 0 Å². The molecule has 0 saturated carbocycles. The van der Waals surface area contributed by atoms with E-state index in [0.717, 1.165) is 5.33 Å². The maximum atomic E-state index is 3.43. The summed E-state index contributed by atoms with van der Waals surface area (Å²) in [6, 6.07) is 8.41. The van der Waals surface area contributed by atoms with Crippen LogP contribution in [0.4, 0.5) is 0 Å². The molecule has 12 heavy (non-hydrogen) atoms. The van der Waals surface area contributed by atoms with Crippen molar-refractivity contribution in [2.24, 2.45) is 0 Å². The third-order valence-electron chi connectivity index (χ3n) is 1.80. The van der Waals surface area contributed by atoms with Crippen LogP contribution < -0.4 is 0 Å². The van der Waals surface area contributed by atoms with Gasteiger partial charge in [0.1, 0.15) is 0 Å². The van der Waals surface area contributed by atoms with E-state index >= 15 is 0 Å². The van der Waals surface area contributed by atoms with Gasteiger partial charge in [0.25, 0.3) is 0 Å². The van der Waals surface area contributed by atoms with E-state index in [4.69, 9.17) is 0 Å². The number of aryl methyl sites for hydroxylation is 1. The Labute approximate surface area is 82.4 Å². The largest absolute Gasteiger partial charge is 0.0880 e. The first-order valence-corrected chi connectivity index (χ1v) is 5.15. The predicted molar refractivity (Wildman–Crippen MR) is 58.6 cm³/mol. The lowest BCUT2D eigenvalue weighted by atomic mass is 10.1. The molecule has 0 heterocycles. The van der Waals surface area contributed by atoms with E-state index in [0.29, 0.717) is 0 Å². The quantitative estimate of drug-likeness (QED) is 0.671. The van der Waals surface area contributed by atoms with E-state index in [2.05, 4.69) is 60.1 Å². The van der Waals surface area contributed by atoms with E-state index in [1.807, 2.05) is 0 Å². The molecular weight excluding hydrogens is 212 g/mol. The highest BCUT2D eigenvalue weighted by molar-refractivity contribution is 9.09. The van der Waals surface area contributed by atoms with Crippen LogP contribution in [0.3, 0.4) is 0 Å². The molecule has 1 aromatic rings. The Balaban J connectivity index is 2.96.